The van der Waals surface area contributed by atoms with Crippen LogP contribution in [0.3, 0.4) is 0 Å². The van der Waals surface area contributed by atoms with Crippen molar-refractivity contribution >= 4 is 27.7 Å². The SMILES string of the molecule is O=C1c2ccccc2CS(=O)(=O)N1C(CCN1CCSCC1)c1ccccc1. The first kappa shape index (κ1) is 19.5. The van der Waals surface area contributed by atoms with E-state index in [9.17, 15) is 13.2 Å². The summed E-state index contributed by atoms with van der Waals surface area (Å²) in [6.45, 7) is 2.80. The summed E-state index contributed by atoms with van der Waals surface area (Å²) < 4.78 is 27.4. The minimum absolute atomic E-state index is 0.126. The van der Waals surface area contributed by atoms with Crippen LogP contribution in [-0.2, 0) is 15.8 Å². The smallest absolute Gasteiger partial charge is 0.268 e. The molecule has 0 radical (unpaired) electrons. The third-order valence-electron chi connectivity index (χ3n) is 5.38. The van der Waals surface area contributed by atoms with Gasteiger partial charge < -0.3 is 4.90 Å². The van der Waals surface area contributed by atoms with Crippen LogP contribution in [0.4, 0.5) is 0 Å². The Kier molecular flexibility index (Phi) is 5.75. The largest absolute Gasteiger partial charge is 0.302 e. The maximum atomic E-state index is 13.2. The molecular formula is C21H24N2O3S2. The van der Waals surface area contributed by atoms with Crippen LogP contribution in [-0.4, -0.2) is 54.7 Å². The third kappa shape index (κ3) is 3.97. The van der Waals surface area contributed by atoms with Gasteiger partial charge in [-0.05, 0) is 23.6 Å². The predicted octanol–water partition coefficient (Wildman–Crippen LogP) is 3.15. The van der Waals surface area contributed by atoms with Gasteiger partial charge in [0.05, 0.1) is 11.8 Å². The maximum absolute atomic E-state index is 13.2. The summed E-state index contributed by atoms with van der Waals surface area (Å²) in [5, 5.41) is 0. The van der Waals surface area contributed by atoms with Crippen LogP contribution in [0.15, 0.2) is 54.6 Å². The lowest BCUT2D eigenvalue weighted by molar-refractivity contribution is 0.0801. The normalized spacial score (nSPS) is 20.6. The Morgan fingerprint density at radius 3 is 2.39 bits per heavy atom. The number of sulfonamides is 1. The van der Waals surface area contributed by atoms with Gasteiger partial charge in [-0.25, -0.2) is 12.7 Å². The standard InChI is InChI=1S/C21H24N2O3S2/c24-21-19-9-5-4-8-18(19)16-28(25,26)23(21)20(17-6-2-1-3-7-17)10-11-22-12-14-27-15-13-22/h1-9,20H,10-16H2. The number of carbonyl (C=O) groups is 1. The average molecular weight is 417 g/mol. The van der Waals surface area contributed by atoms with E-state index in [4.69, 9.17) is 0 Å². The van der Waals surface area contributed by atoms with Gasteiger partial charge in [0.2, 0.25) is 10.0 Å². The van der Waals surface area contributed by atoms with E-state index in [1.165, 1.54) is 0 Å². The van der Waals surface area contributed by atoms with Crippen molar-refractivity contribution in [2.24, 2.45) is 0 Å². The zero-order chi connectivity index (χ0) is 19.6. The molecule has 0 N–H and O–H groups in total. The van der Waals surface area contributed by atoms with E-state index in [-0.39, 0.29) is 5.75 Å². The Morgan fingerprint density at radius 2 is 1.64 bits per heavy atom. The van der Waals surface area contributed by atoms with E-state index in [1.54, 1.807) is 24.3 Å². The summed E-state index contributed by atoms with van der Waals surface area (Å²) >= 11 is 1.95. The second-order valence-corrected chi connectivity index (χ2v) is 10.3. The second-order valence-electron chi connectivity index (χ2n) is 7.18. The molecule has 0 spiro atoms. The summed E-state index contributed by atoms with van der Waals surface area (Å²) in [5.41, 5.74) is 1.95. The fourth-order valence-corrected chi connectivity index (χ4v) is 6.65. The van der Waals surface area contributed by atoms with Crippen molar-refractivity contribution in [2.75, 3.05) is 31.1 Å². The van der Waals surface area contributed by atoms with Crippen molar-refractivity contribution in [3.05, 3.63) is 71.3 Å². The van der Waals surface area contributed by atoms with Gasteiger partial charge in [0, 0.05) is 36.7 Å². The highest BCUT2D eigenvalue weighted by molar-refractivity contribution is 7.99. The first-order valence-electron chi connectivity index (χ1n) is 9.56. The van der Waals surface area contributed by atoms with Gasteiger partial charge in [-0.1, -0.05) is 48.5 Å². The summed E-state index contributed by atoms with van der Waals surface area (Å²) in [5.74, 6) is 1.66. The van der Waals surface area contributed by atoms with E-state index in [0.717, 1.165) is 41.0 Å². The maximum Gasteiger partial charge on any atom is 0.268 e. The minimum Gasteiger partial charge on any atom is -0.302 e. The van der Waals surface area contributed by atoms with Crippen molar-refractivity contribution in [2.45, 2.75) is 18.2 Å². The van der Waals surface area contributed by atoms with Gasteiger partial charge in [-0.3, -0.25) is 4.79 Å². The monoisotopic (exact) mass is 416 g/mol. The van der Waals surface area contributed by atoms with Crippen molar-refractivity contribution in [3.63, 3.8) is 0 Å². The molecule has 2 aliphatic rings. The number of hydrogen-bond donors (Lipinski definition) is 0. The zero-order valence-corrected chi connectivity index (χ0v) is 17.3. The van der Waals surface area contributed by atoms with E-state index in [1.807, 2.05) is 42.1 Å². The van der Waals surface area contributed by atoms with Gasteiger partial charge >= 0.3 is 0 Å². The Morgan fingerprint density at radius 1 is 0.964 bits per heavy atom. The highest BCUT2D eigenvalue weighted by Gasteiger charge is 2.40. The molecule has 1 amide bonds. The average Bonchev–Trinajstić information content (AvgIpc) is 2.71. The molecule has 5 nitrogen and oxygen atoms in total. The molecule has 0 aliphatic carbocycles. The Labute approximate surface area is 170 Å². The molecule has 2 aliphatic heterocycles. The van der Waals surface area contributed by atoms with Crippen LogP contribution < -0.4 is 0 Å². The molecular weight excluding hydrogens is 392 g/mol. The van der Waals surface area contributed by atoms with E-state index in [2.05, 4.69) is 4.90 Å². The number of fused-ring (bicyclic) bond motifs is 1. The predicted molar refractivity (Wildman–Crippen MR) is 113 cm³/mol. The molecule has 1 unspecified atom stereocenters. The number of amides is 1. The summed E-state index contributed by atoms with van der Waals surface area (Å²) in [6.07, 6.45) is 0.599. The quantitative estimate of drug-likeness (QED) is 0.749. The molecule has 0 saturated carbocycles. The molecule has 1 saturated heterocycles. The molecule has 4 rings (SSSR count). The van der Waals surface area contributed by atoms with Gasteiger partial charge in [0.15, 0.2) is 0 Å². The van der Waals surface area contributed by atoms with Crippen LogP contribution in [0.5, 0.6) is 0 Å². The summed E-state index contributed by atoms with van der Waals surface area (Å²) in [6, 6.07) is 16.1. The van der Waals surface area contributed by atoms with Crippen molar-refractivity contribution in [1.82, 2.24) is 9.21 Å². The Bertz CT molecular complexity index is 941. The zero-order valence-electron chi connectivity index (χ0n) is 15.7. The van der Waals surface area contributed by atoms with Gasteiger partial charge in [0.1, 0.15) is 0 Å². The van der Waals surface area contributed by atoms with Crippen LogP contribution in [0.25, 0.3) is 0 Å². The van der Waals surface area contributed by atoms with E-state index in [0.29, 0.717) is 17.5 Å². The van der Waals surface area contributed by atoms with Gasteiger partial charge in [-0.15, -0.1) is 0 Å². The van der Waals surface area contributed by atoms with Crippen LogP contribution >= 0.6 is 11.8 Å². The van der Waals surface area contributed by atoms with Crippen LogP contribution in [0.2, 0.25) is 0 Å². The number of rotatable bonds is 5. The molecule has 28 heavy (non-hydrogen) atoms. The number of thioether (sulfide) groups is 1. The molecule has 1 fully saturated rings. The van der Waals surface area contributed by atoms with Crippen molar-refractivity contribution in [3.8, 4) is 0 Å². The Hall–Kier alpha value is -1.83. The second kappa shape index (κ2) is 8.27. The highest BCUT2D eigenvalue weighted by atomic mass is 32.2. The fourth-order valence-electron chi connectivity index (χ4n) is 3.93. The van der Waals surface area contributed by atoms with Gasteiger partial charge in [0.25, 0.3) is 5.91 Å². The molecule has 2 aromatic rings. The molecule has 2 aromatic carbocycles. The van der Waals surface area contributed by atoms with Crippen molar-refractivity contribution in [1.29, 1.82) is 0 Å². The molecule has 148 valence electrons. The van der Waals surface area contributed by atoms with E-state index < -0.39 is 22.0 Å². The molecule has 0 aromatic heterocycles. The molecule has 1 atom stereocenters. The first-order chi connectivity index (χ1) is 13.6. The number of nitrogens with zero attached hydrogens (tertiary/aromatic N) is 2. The molecule has 7 heteroatoms. The topological polar surface area (TPSA) is 57.7 Å². The summed E-state index contributed by atoms with van der Waals surface area (Å²) in [4.78, 5) is 15.6. The first-order valence-corrected chi connectivity index (χ1v) is 12.3. The lowest BCUT2D eigenvalue weighted by Gasteiger charge is -2.36. The summed E-state index contributed by atoms with van der Waals surface area (Å²) in [7, 11) is -3.73. The molecule has 2 heterocycles. The van der Waals surface area contributed by atoms with E-state index >= 15 is 0 Å². The number of carbonyl (C=O) groups excluding carboxylic acids is 1. The Balaban J connectivity index is 1.68. The van der Waals surface area contributed by atoms with Crippen LogP contribution in [0.1, 0.15) is 33.9 Å². The number of hydrogen-bond acceptors (Lipinski definition) is 5. The van der Waals surface area contributed by atoms with Gasteiger partial charge in [-0.2, -0.15) is 11.8 Å². The minimum atomic E-state index is -3.73. The lowest BCUT2D eigenvalue weighted by Crippen LogP contribution is -2.45. The lowest BCUT2D eigenvalue weighted by atomic mass is 10.0. The highest BCUT2D eigenvalue weighted by Crippen LogP contribution is 2.35. The third-order valence-corrected chi connectivity index (χ3v) is 8.01. The van der Waals surface area contributed by atoms with Crippen LogP contribution in [0, 0.1) is 0 Å². The number of benzene rings is 2. The fraction of sp³-hybridized carbons (Fsp3) is 0.381. The van der Waals surface area contributed by atoms with Crippen molar-refractivity contribution < 1.29 is 13.2 Å². The molecule has 0 bridgehead atoms.